The minimum absolute atomic E-state index is 0.569. The molecule has 70 valence electrons. The highest BCUT2D eigenvalue weighted by atomic mass is 32.1. The highest BCUT2D eigenvalue weighted by Crippen LogP contribution is 2.05. The van der Waals surface area contributed by atoms with Crippen LogP contribution >= 0.6 is 12.2 Å². The highest BCUT2D eigenvalue weighted by molar-refractivity contribution is 7.80. The summed E-state index contributed by atoms with van der Waals surface area (Å²) in [6.45, 7) is 2.77. The monoisotopic (exact) mass is 196 g/mol. The fourth-order valence-corrected chi connectivity index (χ4v) is 1.05. The number of pyridine rings is 1. The van der Waals surface area contributed by atoms with Gasteiger partial charge in [0, 0.05) is 6.54 Å². The Balaban J connectivity index is 2.54. The van der Waals surface area contributed by atoms with Crippen molar-refractivity contribution in [3.8, 4) is 0 Å². The van der Waals surface area contributed by atoms with Crippen LogP contribution in [0.1, 0.15) is 6.92 Å². The van der Waals surface area contributed by atoms with E-state index >= 15 is 0 Å². The van der Waals surface area contributed by atoms with Gasteiger partial charge >= 0.3 is 0 Å². The first-order valence-corrected chi connectivity index (χ1v) is 4.39. The predicted molar refractivity (Wildman–Crippen MR) is 58.5 cm³/mol. The molecule has 0 aliphatic rings. The minimum Gasteiger partial charge on any atom is -0.397 e. The quantitative estimate of drug-likeness (QED) is 0.615. The van der Waals surface area contributed by atoms with E-state index < -0.39 is 0 Å². The first-order valence-electron chi connectivity index (χ1n) is 3.98. The van der Waals surface area contributed by atoms with Crippen LogP contribution in [0.15, 0.2) is 18.3 Å². The number of hydrogen-bond acceptors (Lipinski definition) is 3. The summed E-state index contributed by atoms with van der Waals surface area (Å²) in [5.41, 5.74) is 6.12. The number of rotatable bonds is 2. The summed E-state index contributed by atoms with van der Waals surface area (Å²) < 4.78 is 0. The number of aromatic nitrogens is 1. The zero-order chi connectivity index (χ0) is 9.68. The van der Waals surface area contributed by atoms with Crippen LogP contribution in [-0.4, -0.2) is 16.6 Å². The lowest BCUT2D eigenvalue weighted by Gasteiger charge is -2.07. The lowest BCUT2D eigenvalue weighted by molar-refractivity contribution is 0.978. The third-order valence-corrected chi connectivity index (χ3v) is 1.61. The molecule has 0 fully saturated rings. The molecule has 1 aromatic heterocycles. The molecular formula is C8H12N4S. The highest BCUT2D eigenvalue weighted by Gasteiger charge is 1.95. The summed E-state index contributed by atoms with van der Waals surface area (Å²) in [6.07, 6.45) is 1.58. The van der Waals surface area contributed by atoms with Crippen LogP contribution < -0.4 is 16.4 Å². The van der Waals surface area contributed by atoms with Crippen LogP contribution in [0, 0.1) is 0 Å². The Labute approximate surface area is 82.5 Å². The van der Waals surface area contributed by atoms with Gasteiger partial charge in [0.2, 0.25) is 0 Å². The Bertz CT molecular complexity index is 283. The molecule has 5 heteroatoms. The van der Waals surface area contributed by atoms with Crippen molar-refractivity contribution in [3.63, 3.8) is 0 Å². The van der Waals surface area contributed by atoms with Gasteiger partial charge in [0.05, 0.1) is 11.9 Å². The van der Waals surface area contributed by atoms with Crippen molar-refractivity contribution in [2.24, 2.45) is 0 Å². The van der Waals surface area contributed by atoms with E-state index in [1.807, 2.05) is 6.92 Å². The predicted octanol–water partition coefficient (Wildman–Crippen LogP) is 0.970. The molecule has 0 bridgehead atoms. The number of nitrogen functional groups attached to an aromatic ring is 1. The summed E-state index contributed by atoms with van der Waals surface area (Å²) in [5.74, 6) is 0.695. The van der Waals surface area contributed by atoms with E-state index in [0.717, 1.165) is 6.54 Å². The van der Waals surface area contributed by atoms with Crippen molar-refractivity contribution in [1.29, 1.82) is 0 Å². The van der Waals surface area contributed by atoms with Crippen LogP contribution in [0.3, 0.4) is 0 Å². The molecule has 0 aliphatic heterocycles. The molecule has 0 spiro atoms. The van der Waals surface area contributed by atoms with Crippen molar-refractivity contribution in [2.45, 2.75) is 6.92 Å². The first kappa shape index (κ1) is 9.73. The number of nitrogens with two attached hydrogens (primary N) is 1. The van der Waals surface area contributed by atoms with Crippen molar-refractivity contribution in [1.82, 2.24) is 10.3 Å². The van der Waals surface area contributed by atoms with E-state index in [2.05, 4.69) is 15.6 Å². The van der Waals surface area contributed by atoms with Crippen LogP contribution in [0.2, 0.25) is 0 Å². The van der Waals surface area contributed by atoms with Gasteiger partial charge < -0.3 is 16.4 Å². The molecule has 0 aliphatic carbocycles. The molecule has 1 heterocycles. The molecule has 0 saturated heterocycles. The van der Waals surface area contributed by atoms with E-state index in [1.54, 1.807) is 18.3 Å². The number of anilines is 2. The summed E-state index contributed by atoms with van der Waals surface area (Å²) in [6, 6.07) is 3.54. The Hall–Kier alpha value is -1.36. The van der Waals surface area contributed by atoms with Gasteiger partial charge in [-0.2, -0.15) is 0 Å². The van der Waals surface area contributed by atoms with Gasteiger partial charge in [0.15, 0.2) is 5.11 Å². The van der Waals surface area contributed by atoms with Gasteiger partial charge in [-0.3, -0.25) is 0 Å². The van der Waals surface area contributed by atoms with Crippen molar-refractivity contribution in [3.05, 3.63) is 18.3 Å². The molecule has 0 unspecified atom stereocenters. The maximum absolute atomic E-state index is 5.48. The van der Waals surface area contributed by atoms with E-state index in [0.29, 0.717) is 16.6 Å². The fraction of sp³-hybridized carbons (Fsp3) is 0.250. The number of thiocarbonyl (C=S) groups is 1. The molecule has 0 radical (unpaired) electrons. The SMILES string of the molecule is CCNC(=S)Nc1ccc(N)cn1. The molecule has 0 atom stereocenters. The Morgan fingerprint density at radius 3 is 2.92 bits per heavy atom. The molecule has 1 aromatic rings. The van der Waals surface area contributed by atoms with Crippen LogP contribution in [0.4, 0.5) is 11.5 Å². The molecule has 0 saturated carbocycles. The molecule has 4 nitrogen and oxygen atoms in total. The molecule has 4 N–H and O–H groups in total. The van der Waals surface area contributed by atoms with Gasteiger partial charge in [-0.15, -0.1) is 0 Å². The minimum atomic E-state index is 0.569. The van der Waals surface area contributed by atoms with E-state index in [4.69, 9.17) is 18.0 Å². The lowest BCUT2D eigenvalue weighted by atomic mass is 10.4. The van der Waals surface area contributed by atoms with Gasteiger partial charge in [-0.1, -0.05) is 0 Å². The smallest absolute Gasteiger partial charge is 0.171 e. The van der Waals surface area contributed by atoms with Crippen LogP contribution in [0.5, 0.6) is 0 Å². The molecular weight excluding hydrogens is 184 g/mol. The summed E-state index contributed by atoms with van der Waals surface area (Å²) >= 11 is 4.97. The van der Waals surface area contributed by atoms with Crippen molar-refractivity contribution in [2.75, 3.05) is 17.6 Å². The van der Waals surface area contributed by atoms with E-state index in [1.165, 1.54) is 0 Å². The van der Waals surface area contributed by atoms with Gasteiger partial charge in [0.25, 0.3) is 0 Å². The number of nitrogens with one attached hydrogen (secondary N) is 2. The molecule has 0 amide bonds. The zero-order valence-electron chi connectivity index (χ0n) is 7.37. The number of hydrogen-bond donors (Lipinski definition) is 3. The summed E-state index contributed by atoms with van der Waals surface area (Å²) in [7, 11) is 0. The van der Waals surface area contributed by atoms with Crippen molar-refractivity contribution < 1.29 is 0 Å². The zero-order valence-corrected chi connectivity index (χ0v) is 8.19. The fourth-order valence-electron chi connectivity index (χ4n) is 0.800. The summed E-state index contributed by atoms with van der Waals surface area (Å²) in [5, 5.41) is 6.45. The second-order valence-electron chi connectivity index (χ2n) is 2.46. The average Bonchev–Trinajstić information content (AvgIpc) is 2.09. The van der Waals surface area contributed by atoms with Crippen LogP contribution in [0.25, 0.3) is 0 Å². The number of nitrogens with zero attached hydrogens (tertiary/aromatic N) is 1. The van der Waals surface area contributed by atoms with Crippen LogP contribution in [-0.2, 0) is 0 Å². The van der Waals surface area contributed by atoms with E-state index in [-0.39, 0.29) is 0 Å². The Kier molecular flexibility index (Phi) is 3.45. The molecule has 1 rings (SSSR count). The van der Waals surface area contributed by atoms with Crippen molar-refractivity contribution >= 4 is 28.8 Å². The maximum Gasteiger partial charge on any atom is 0.171 e. The van der Waals surface area contributed by atoms with Gasteiger partial charge in [-0.25, -0.2) is 4.98 Å². The molecule has 0 aromatic carbocycles. The average molecular weight is 196 g/mol. The van der Waals surface area contributed by atoms with Gasteiger partial charge in [0.1, 0.15) is 5.82 Å². The Morgan fingerprint density at radius 2 is 2.38 bits per heavy atom. The standard InChI is InChI=1S/C8H12N4S/c1-2-10-8(13)12-7-4-3-6(9)5-11-7/h3-5H,2,9H2,1H3,(H2,10,11,12,13). The lowest BCUT2D eigenvalue weighted by Crippen LogP contribution is -2.28. The first-order chi connectivity index (χ1) is 6.22. The molecule has 13 heavy (non-hydrogen) atoms. The maximum atomic E-state index is 5.48. The Morgan fingerprint density at radius 1 is 1.62 bits per heavy atom. The van der Waals surface area contributed by atoms with Gasteiger partial charge in [-0.05, 0) is 31.3 Å². The third-order valence-electron chi connectivity index (χ3n) is 1.37. The third kappa shape index (κ3) is 3.25. The largest absolute Gasteiger partial charge is 0.397 e. The second kappa shape index (κ2) is 4.61. The van der Waals surface area contributed by atoms with E-state index in [9.17, 15) is 0 Å². The topological polar surface area (TPSA) is 63.0 Å². The normalized spacial score (nSPS) is 9.31. The second-order valence-corrected chi connectivity index (χ2v) is 2.87. The summed E-state index contributed by atoms with van der Waals surface area (Å²) in [4.78, 5) is 4.04.